The molecule has 2 heterocycles. The molecule has 4 heteroatoms. The van der Waals surface area contributed by atoms with E-state index in [9.17, 15) is 0 Å². The fourth-order valence-corrected chi connectivity index (χ4v) is 2.49. The standard InChI is InChI=1S/C13H23N3O/c1-3-11(4-2)13-8-15-10-16(13)9-12-7-14-5-6-17-12/h8,10-12,14H,3-7,9H2,1-2H3. The highest BCUT2D eigenvalue weighted by Crippen LogP contribution is 2.22. The number of nitrogens with zero attached hydrogens (tertiary/aromatic N) is 2. The number of rotatable bonds is 5. The SMILES string of the molecule is CCC(CC)c1cncn1CC1CNCCO1. The fourth-order valence-electron chi connectivity index (χ4n) is 2.49. The number of imidazole rings is 1. The van der Waals surface area contributed by atoms with Crippen molar-refractivity contribution in [3.05, 3.63) is 18.2 Å². The molecule has 17 heavy (non-hydrogen) atoms. The van der Waals surface area contributed by atoms with Crippen LogP contribution in [0.4, 0.5) is 0 Å². The molecule has 1 saturated heterocycles. The van der Waals surface area contributed by atoms with Crippen molar-refractivity contribution >= 4 is 0 Å². The Bertz CT molecular complexity index is 327. The first-order valence-electron chi connectivity index (χ1n) is 6.67. The quantitative estimate of drug-likeness (QED) is 0.848. The van der Waals surface area contributed by atoms with E-state index < -0.39 is 0 Å². The molecule has 0 saturated carbocycles. The van der Waals surface area contributed by atoms with Gasteiger partial charge in [0.25, 0.3) is 0 Å². The highest BCUT2D eigenvalue weighted by atomic mass is 16.5. The molecule has 0 radical (unpaired) electrons. The number of hydrogen-bond donors (Lipinski definition) is 1. The summed E-state index contributed by atoms with van der Waals surface area (Å²) in [5.74, 6) is 0.619. The van der Waals surface area contributed by atoms with E-state index in [2.05, 4.69) is 28.7 Å². The van der Waals surface area contributed by atoms with Gasteiger partial charge < -0.3 is 14.6 Å². The van der Waals surface area contributed by atoms with Gasteiger partial charge in [0.05, 0.1) is 25.6 Å². The van der Waals surface area contributed by atoms with Crippen LogP contribution >= 0.6 is 0 Å². The van der Waals surface area contributed by atoms with Gasteiger partial charge in [-0.05, 0) is 12.8 Å². The second-order valence-electron chi connectivity index (χ2n) is 4.68. The van der Waals surface area contributed by atoms with Crippen molar-refractivity contribution < 1.29 is 4.74 Å². The highest BCUT2D eigenvalue weighted by molar-refractivity contribution is 5.06. The van der Waals surface area contributed by atoms with Crippen LogP contribution < -0.4 is 5.32 Å². The Morgan fingerprint density at radius 2 is 2.35 bits per heavy atom. The first-order chi connectivity index (χ1) is 8.35. The Morgan fingerprint density at radius 3 is 3.00 bits per heavy atom. The Kier molecular flexibility index (Phi) is 4.57. The van der Waals surface area contributed by atoms with Crippen LogP contribution in [-0.4, -0.2) is 35.4 Å². The lowest BCUT2D eigenvalue weighted by molar-refractivity contribution is 0.0176. The smallest absolute Gasteiger partial charge is 0.0949 e. The monoisotopic (exact) mass is 237 g/mol. The van der Waals surface area contributed by atoms with Gasteiger partial charge in [-0.25, -0.2) is 4.98 Å². The minimum absolute atomic E-state index is 0.283. The van der Waals surface area contributed by atoms with Crippen molar-refractivity contribution in [1.82, 2.24) is 14.9 Å². The molecule has 1 unspecified atom stereocenters. The van der Waals surface area contributed by atoms with Crippen LogP contribution in [0, 0.1) is 0 Å². The summed E-state index contributed by atoms with van der Waals surface area (Å²) in [6.45, 7) is 8.13. The summed E-state index contributed by atoms with van der Waals surface area (Å²) >= 11 is 0. The first kappa shape index (κ1) is 12.6. The number of nitrogens with one attached hydrogen (secondary N) is 1. The summed E-state index contributed by atoms with van der Waals surface area (Å²) in [6.07, 6.45) is 6.57. The Balaban J connectivity index is 2.02. The molecule has 1 N–H and O–H groups in total. The predicted octanol–water partition coefficient (Wildman–Crippen LogP) is 1.78. The van der Waals surface area contributed by atoms with Gasteiger partial charge >= 0.3 is 0 Å². The molecule has 1 fully saturated rings. The number of ether oxygens (including phenoxy) is 1. The normalized spacial score (nSPS) is 21.0. The second kappa shape index (κ2) is 6.17. The Morgan fingerprint density at radius 1 is 1.53 bits per heavy atom. The molecule has 1 aromatic heterocycles. The third-order valence-electron chi connectivity index (χ3n) is 3.55. The van der Waals surface area contributed by atoms with Crippen molar-refractivity contribution in [3.63, 3.8) is 0 Å². The minimum Gasteiger partial charge on any atom is -0.374 e. The van der Waals surface area contributed by atoms with Crippen molar-refractivity contribution in [3.8, 4) is 0 Å². The summed E-state index contributed by atoms with van der Waals surface area (Å²) in [5, 5.41) is 3.37. The van der Waals surface area contributed by atoms with Gasteiger partial charge in [-0.1, -0.05) is 13.8 Å². The van der Waals surface area contributed by atoms with Crippen molar-refractivity contribution in [2.24, 2.45) is 0 Å². The van der Waals surface area contributed by atoms with E-state index >= 15 is 0 Å². The van der Waals surface area contributed by atoms with E-state index in [-0.39, 0.29) is 6.10 Å². The summed E-state index contributed by atoms with van der Waals surface area (Å²) in [5.41, 5.74) is 1.35. The van der Waals surface area contributed by atoms with Crippen LogP contribution in [0.25, 0.3) is 0 Å². The zero-order valence-electron chi connectivity index (χ0n) is 10.9. The molecule has 0 bridgehead atoms. The first-order valence-corrected chi connectivity index (χ1v) is 6.67. The summed E-state index contributed by atoms with van der Waals surface area (Å²) < 4.78 is 8.00. The van der Waals surface area contributed by atoms with Crippen LogP contribution in [0.15, 0.2) is 12.5 Å². The lowest BCUT2D eigenvalue weighted by Gasteiger charge is -2.25. The number of aromatic nitrogens is 2. The highest BCUT2D eigenvalue weighted by Gasteiger charge is 2.17. The van der Waals surface area contributed by atoms with Crippen LogP contribution in [0.1, 0.15) is 38.3 Å². The van der Waals surface area contributed by atoms with Crippen LogP contribution in [-0.2, 0) is 11.3 Å². The molecular weight excluding hydrogens is 214 g/mol. The molecule has 0 aromatic carbocycles. The van der Waals surface area contributed by atoms with Crippen molar-refractivity contribution in [1.29, 1.82) is 0 Å². The molecule has 2 rings (SSSR count). The zero-order valence-corrected chi connectivity index (χ0v) is 10.9. The van der Waals surface area contributed by atoms with Gasteiger partial charge in [-0.2, -0.15) is 0 Å². The Labute approximate surface area is 103 Å². The molecule has 0 aliphatic carbocycles. The molecular formula is C13H23N3O. The van der Waals surface area contributed by atoms with Crippen LogP contribution in [0.5, 0.6) is 0 Å². The van der Waals surface area contributed by atoms with Crippen LogP contribution in [0.3, 0.4) is 0 Å². The molecule has 1 aliphatic rings. The third kappa shape index (κ3) is 3.07. The Hall–Kier alpha value is -0.870. The van der Waals surface area contributed by atoms with E-state index in [4.69, 9.17) is 4.74 Å². The largest absolute Gasteiger partial charge is 0.374 e. The van der Waals surface area contributed by atoms with Gasteiger partial charge in [0, 0.05) is 30.9 Å². The molecule has 96 valence electrons. The maximum atomic E-state index is 5.74. The summed E-state index contributed by atoms with van der Waals surface area (Å²) in [7, 11) is 0. The molecule has 0 spiro atoms. The van der Waals surface area contributed by atoms with Gasteiger partial charge in [-0.3, -0.25) is 0 Å². The van der Waals surface area contributed by atoms with E-state index in [1.165, 1.54) is 18.5 Å². The molecule has 4 nitrogen and oxygen atoms in total. The van der Waals surface area contributed by atoms with E-state index in [0.717, 1.165) is 26.2 Å². The average Bonchev–Trinajstić information content (AvgIpc) is 2.81. The predicted molar refractivity (Wildman–Crippen MR) is 68.2 cm³/mol. The van der Waals surface area contributed by atoms with Gasteiger partial charge in [0.1, 0.15) is 0 Å². The lowest BCUT2D eigenvalue weighted by atomic mass is 10.00. The van der Waals surface area contributed by atoms with E-state index in [0.29, 0.717) is 5.92 Å². The summed E-state index contributed by atoms with van der Waals surface area (Å²) in [6, 6.07) is 0. The topological polar surface area (TPSA) is 39.1 Å². The zero-order chi connectivity index (χ0) is 12.1. The summed E-state index contributed by atoms with van der Waals surface area (Å²) in [4.78, 5) is 4.29. The maximum Gasteiger partial charge on any atom is 0.0949 e. The van der Waals surface area contributed by atoms with Gasteiger partial charge in [0.15, 0.2) is 0 Å². The second-order valence-corrected chi connectivity index (χ2v) is 4.68. The maximum absolute atomic E-state index is 5.74. The molecule has 1 aliphatic heterocycles. The fraction of sp³-hybridized carbons (Fsp3) is 0.769. The third-order valence-corrected chi connectivity index (χ3v) is 3.55. The van der Waals surface area contributed by atoms with Gasteiger partial charge in [0.2, 0.25) is 0 Å². The average molecular weight is 237 g/mol. The van der Waals surface area contributed by atoms with Crippen molar-refractivity contribution in [2.45, 2.75) is 45.3 Å². The van der Waals surface area contributed by atoms with E-state index in [1.807, 2.05) is 12.5 Å². The molecule has 0 amide bonds. The molecule has 1 atom stereocenters. The number of hydrogen-bond acceptors (Lipinski definition) is 3. The minimum atomic E-state index is 0.283. The number of morpholine rings is 1. The molecule has 1 aromatic rings. The van der Waals surface area contributed by atoms with Crippen molar-refractivity contribution in [2.75, 3.05) is 19.7 Å². The van der Waals surface area contributed by atoms with Gasteiger partial charge in [-0.15, -0.1) is 0 Å². The van der Waals surface area contributed by atoms with E-state index in [1.54, 1.807) is 0 Å². The van der Waals surface area contributed by atoms with Crippen LogP contribution in [0.2, 0.25) is 0 Å². The lowest BCUT2D eigenvalue weighted by Crippen LogP contribution is -2.40.